The molecule has 0 amide bonds. The van der Waals surface area contributed by atoms with Gasteiger partial charge in [0, 0.05) is 11.6 Å². The number of halogens is 2. The van der Waals surface area contributed by atoms with Gasteiger partial charge in [0.25, 0.3) is 0 Å². The van der Waals surface area contributed by atoms with Crippen LogP contribution in [0.15, 0.2) is 12.1 Å². The third-order valence-corrected chi connectivity index (χ3v) is 5.74. The third-order valence-electron chi connectivity index (χ3n) is 5.74. The van der Waals surface area contributed by atoms with E-state index in [9.17, 15) is 8.78 Å². The van der Waals surface area contributed by atoms with Crippen molar-refractivity contribution in [1.82, 2.24) is 0 Å². The molecule has 2 aliphatic rings. The maximum absolute atomic E-state index is 14.3. The van der Waals surface area contributed by atoms with Crippen molar-refractivity contribution in [3.8, 4) is 0 Å². The highest BCUT2D eigenvalue weighted by Crippen LogP contribution is 2.46. The summed E-state index contributed by atoms with van der Waals surface area (Å²) in [5, 5.41) is 0. The van der Waals surface area contributed by atoms with Crippen LogP contribution in [-0.4, -0.2) is 0 Å². The summed E-state index contributed by atoms with van der Waals surface area (Å²) < 4.78 is 28.3. The van der Waals surface area contributed by atoms with Crippen molar-refractivity contribution in [3.63, 3.8) is 0 Å². The summed E-state index contributed by atoms with van der Waals surface area (Å²) in [4.78, 5) is 0. The van der Waals surface area contributed by atoms with Gasteiger partial charge in [0.2, 0.25) is 0 Å². The highest BCUT2D eigenvalue weighted by Gasteiger charge is 2.36. The molecule has 4 atom stereocenters. The zero-order chi connectivity index (χ0) is 15.0. The van der Waals surface area contributed by atoms with Crippen molar-refractivity contribution in [2.45, 2.75) is 57.9 Å². The molecule has 0 saturated heterocycles. The smallest absolute Gasteiger partial charge is 0.133 e. The molecule has 0 aromatic heterocycles. The van der Waals surface area contributed by atoms with Crippen LogP contribution in [0.1, 0.15) is 62.1 Å². The molecular formula is C18H25F2N. The number of hydrogen-bond acceptors (Lipinski definition) is 1. The number of nitrogens with two attached hydrogens (primary N) is 1. The van der Waals surface area contributed by atoms with Crippen molar-refractivity contribution < 1.29 is 8.78 Å². The van der Waals surface area contributed by atoms with Gasteiger partial charge in [-0.15, -0.1) is 0 Å². The van der Waals surface area contributed by atoms with Crippen molar-refractivity contribution in [2.75, 3.05) is 0 Å². The molecule has 0 bridgehead atoms. The van der Waals surface area contributed by atoms with Gasteiger partial charge >= 0.3 is 0 Å². The second-order valence-corrected chi connectivity index (χ2v) is 7.00. The maximum atomic E-state index is 14.3. The van der Waals surface area contributed by atoms with Crippen molar-refractivity contribution in [2.24, 2.45) is 23.5 Å². The first kappa shape index (κ1) is 15.0. The summed E-state index contributed by atoms with van der Waals surface area (Å²) >= 11 is 0. The molecular weight excluding hydrogens is 268 g/mol. The quantitative estimate of drug-likeness (QED) is 0.826. The molecule has 4 unspecified atom stereocenters. The van der Waals surface area contributed by atoms with Crippen LogP contribution in [0.4, 0.5) is 8.78 Å². The highest BCUT2D eigenvalue weighted by molar-refractivity contribution is 5.29. The normalized spacial score (nSPS) is 30.8. The average molecular weight is 293 g/mol. The summed E-state index contributed by atoms with van der Waals surface area (Å²) in [6.07, 6.45) is 8.48. The van der Waals surface area contributed by atoms with E-state index in [-0.39, 0.29) is 11.5 Å². The van der Waals surface area contributed by atoms with E-state index >= 15 is 0 Å². The molecule has 1 aromatic carbocycles. The fraction of sp³-hybridized carbons (Fsp3) is 0.667. The Kier molecular flexibility index (Phi) is 4.30. The molecule has 0 spiro atoms. The third kappa shape index (κ3) is 2.85. The Hall–Kier alpha value is -0.960. The predicted octanol–water partition coefficient (Wildman–Crippen LogP) is 4.88. The van der Waals surface area contributed by atoms with Gasteiger partial charge in [-0.25, -0.2) is 8.78 Å². The van der Waals surface area contributed by atoms with Gasteiger partial charge in [0.05, 0.1) is 0 Å². The fourth-order valence-electron chi connectivity index (χ4n) is 4.46. The summed E-state index contributed by atoms with van der Waals surface area (Å²) in [5.41, 5.74) is 6.87. The van der Waals surface area contributed by atoms with Gasteiger partial charge in [-0.3, -0.25) is 0 Å². The van der Waals surface area contributed by atoms with Crippen LogP contribution in [-0.2, 0) is 0 Å². The van der Waals surface area contributed by atoms with Gasteiger partial charge in [0.1, 0.15) is 11.6 Å². The first-order valence-corrected chi connectivity index (χ1v) is 8.28. The van der Waals surface area contributed by atoms with Gasteiger partial charge in [0.15, 0.2) is 0 Å². The van der Waals surface area contributed by atoms with Crippen LogP contribution in [0.5, 0.6) is 0 Å². The van der Waals surface area contributed by atoms with E-state index in [0.29, 0.717) is 5.56 Å². The molecule has 2 saturated carbocycles. The lowest BCUT2D eigenvalue weighted by atomic mass is 9.65. The molecule has 1 aromatic rings. The number of rotatable bonds is 2. The Morgan fingerprint density at radius 3 is 2.52 bits per heavy atom. The Morgan fingerprint density at radius 1 is 1.05 bits per heavy atom. The molecule has 1 nitrogen and oxygen atoms in total. The zero-order valence-electron chi connectivity index (χ0n) is 12.7. The molecule has 21 heavy (non-hydrogen) atoms. The number of hydrogen-bond donors (Lipinski definition) is 1. The molecule has 0 aliphatic heterocycles. The molecule has 2 fully saturated rings. The monoisotopic (exact) mass is 293 g/mol. The van der Waals surface area contributed by atoms with E-state index in [1.54, 1.807) is 6.92 Å². The average Bonchev–Trinajstić information content (AvgIpc) is 2.51. The first-order valence-electron chi connectivity index (χ1n) is 8.28. The van der Waals surface area contributed by atoms with Crippen molar-refractivity contribution >= 4 is 0 Å². The Labute approximate surface area is 125 Å². The second-order valence-electron chi connectivity index (χ2n) is 7.00. The molecule has 2 N–H and O–H groups in total. The number of benzene rings is 1. The van der Waals surface area contributed by atoms with E-state index in [0.717, 1.165) is 24.7 Å². The van der Waals surface area contributed by atoms with Crippen LogP contribution in [0.2, 0.25) is 0 Å². The van der Waals surface area contributed by atoms with Crippen molar-refractivity contribution in [1.29, 1.82) is 0 Å². The fourth-order valence-corrected chi connectivity index (χ4v) is 4.46. The van der Waals surface area contributed by atoms with E-state index in [1.165, 1.54) is 44.2 Å². The van der Waals surface area contributed by atoms with E-state index in [4.69, 9.17) is 5.73 Å². The minimum absolute atomic E-state index is 0.106. The summed E-state index contributed by atoms with van der Waals surface area (Å²) in [6.45, 7) is 1.67. The molecule has 3 rings (SSSR count). The van der Waals surface area contributed by atoms with E-state index in [1.807, 2.05) is 0 Å². The largest absolute Gasteiger partial charge is 0.324 e. The Morgan fingerprint density at radius 2 is 1.76 bits per heavy atom. The summed E-state index contributed by atoms with van der Waals surface area (Å²) in [7, 11) is 0. The maximum Gasteiger partial charge on any atom is 0.133 e. The minimum atomic E-state index is -0.507. The first-order chi connectivity index (χ1) is 10.1. The second kappa shape index (κ2) is 6.04. The molecule has 0 radical (unpaired) electrons. The lowest BCUT2D eigenvalue weighted by Crippen LogP contribution is -2.33. The molecule has 2 aliphatic carbocycles. The molecule has 3 heteroatoms. The van der Waals surface area contributed by atoms with Gasteiger partial charge in [-0.05, 0) is 55.6 Å². The van der Waals surface area contributed by atoms with Crippen molar-refractivity contribution in [3.05, 3.63) is 34.9 Å². The summed E-state index contributed by atoms with van der Waals surface area (Å²) in [6, 6.07) is 2.33. The van der Waals surface area contributed by atoms with Crippen LogP contribution in [0.25, 0.3) is 0 Å². The van der Waals surface area contributed by atoms with Gasteiger partial charge in [-0.1, -0.05) is 31.7 Å². The predicted molar refractivity (Wildman–Crippen MR) is 80.8 cm³/mol. The lowest BCUT2D eigenvalue weighted by molar-refractivity contribution is 0.116. The number of aryl methyl sites for hydroxylation is 1. The van der Waals surface area contributed by atoms with Gasteiger partial charge < -0.3 is 5.73 Å². The van der Waals surface area contributed by atoms with E-state index in [2.05, 4.69) is 0 Å². The topological polar surface area (TPSA) is 26.0 Å². The molecule has 0 heterocycles. The Bertz CT molecular complexity index is 514. The zero-order valence-corrected chi connectivity index (χ0v) is 12.7. The van der Waals surface area contributed by atoms with Crippen LogP contribution in [0.3, 0.4) is 0 Å². The highest BCUT2D eigenvalue weighted by atomic mass is 19.1. The van der Waals surface area contributed by atoms with Crippen LogP contribution in [0, 0.1) is 36.3 Å². The summed E-state index contributed by atoms with van der Waals surface area (Å²) in [5.74, 6) is 0.827. The Balaban J connectivity index is 1.79. The van der Waals surface area contributed by atoms with Crippen LogP contribution >= 0.6 is 0 Å². The number of fused-ring (bicyclic) bond motifs is 1. The molecule has 116 valence electrons. The van der Waals surface area contributed by atoms with E-state index < -0.39 is 17.7 Å². The SMILES string of the molecule is Cc1ccc(F)c(C(N)C2CCC3CCCCC3C2)c1F. The lowest BCUT2D eigenvalue weighted by Gasteiger charge is -2.41. The minimum Gasteiger partial charge on any atom is -0.324 e. The van der Waals surface area contributed by atoms with Gasteiger partial charge in [-0.2, -0.15) is 0 Å². The standard InChI is InChI=1S/C18H25F2N/c1-11-6-9-15(19)16(17(11)20)18(21)14-8-7-12-4-2-3-5-13(12)10-14/h6,9,12-14,18H,2-5,7-8,10,21H2,1H3. The van der Waals surface area contributed by atoms with Crippen LogP contribution < -0.4 is 5.73 Å².